The van der Waals surface area contributed by atoms with Gasteiger partial charge < -0.3 is 0 Å². The fourth-order valence-electron chi connectivity index (χ4n) is 0.722. The molecule has 0 saturated heterocycles. The van der Waals surface area contributed by atoms with Gasteiger partial charge in [-0.1, -0.05) is 0 Å². The van der Waals surface area contributed by atoms with Crippen LogP contribution in [0.3, 0.4) is 0 Å². The SMILES string of the molecule is S=C=NCCCc1ncn[nH]1. The predicted octanol–water partition coefficient (Wildman–Crippen LogP) is 0.840. The quantitative estimate of drug-likeness (QED) is 0.412. The lowest BCUT2D eigenvalue weighted by molar-refractivity contribution is 0.788. The molecule has 5 heteroatoms. The highest BCUT2D eigenvalue weighted by atomic mass is 32.1. The highest BCUT2D eigenvalue weighted by Crippen LogP contribution is 1.92. The minimum absolute atomic E-state index is 0.712. The number of isothiocyanates is 1. The zero-order valence-corrected chi connectivity index (χ0v) is 6.77. The lowest BCUT2D eigenvalue weighted by Gasteiger charge is -1.89. The standard InChI is InChI=1S/C6H8N4S/c11-5-7-3-1-2-6-8-4-9-10-6/h4H,1-3H2,(H,8,9,10). The third-order valence-corrected chi connectivity index (χ3v) is 1.34. The molecule has 0 aliphatic rings. The Morgan fingerprint density at radius 1 is 1.73 bits per heavy atom. The van der Waals surface area contributed by atoms with E-state index in [-0.39, 0.29) is 0 Å². The summed E-state index contributed by atoms with van der Waals surface area (Å²) in [5.41, 5.74) is 0. The molecule has 11 heavy (non-hydrogen) atoms. The van der Waals surface area contributed by atoms with E-state index in [0.29, 0.717) is 6.54 Å². The van der Waals surface area contributed by atoms with Crippen LogP contribution in [0.25, 0.3) is 0 Å². The molecule has 0 aliphatic carbocycles. The number of hydrogen-bond acceptors (Lipinski definition) is 4. The minimum Gasteiger partial charge on any atom is -0.263 e. The molecule has 4 nitrogen and oxygen atoms in total. The van der Waals surface area contributed by atoms with Crippen molar-refractivity contribution in [3.8, 4) is 0 Å². The number of aromatic nitrogens is 3. The highest BCUT2D eigenvalue weighted by molar-refractivity contribution is 7.78. The van der Waals surface area contributed by atoms with Gasteiger partial charge in [-0.05, 0) is 18.6 Å². The minimum atomic E-state index is 0.712. The number of rotatable bonds is 4. The largest absolute Gasteiger partial charge is 0.263 e. The molecular formula is C6H8N4S. The lowest BCUT2D eigenvalue weighted by atomic mass is 10.3. The first-order valence-corrected chi connectivity index (χ1v) is 3.72. The average molecular weight is 168 g/mol. The van der Waals surface area contributed by atoms with Crippen LogP contribution in [0.15, 0.2) is 11.3 Å². The van der Waals surface area contributed by atoms with Gasteiger partial charge in [0.25, 0.3) is 0 Å². The van der Waals surface area contributed by atoms with E-state index < -0.39 is 0 Å². The Bertz CT molecular complexity index is 237. The Morgan fingerprint density at radius 2 is 2.64 bits per heavy atom. The van der Waals surface area contributed by atoms with E-state index >= 15 is 0 Å². The molecule has 0 amide bonds. The second-order valence-electron chi connectivity index (χ2n) is 2.01. The van der Waals surface area contributed by atoms with E-state index in [2.05, 4.69) is 37.6 Å². The van der Waals surface area contributed by atoms with E-state index in [0.717, 1.165) is 18.7 Å². The van der Waals surface area contributed by atoms with Crippen molar-refractivity contribution in [1.29, 1.82) is 0 Å². The maximum absolute atomic E-state index is 4.41. The Hall–Kier alpha value is -1.06. The first-order chi connectivity index (χ1) is 5.43. The molecule has 1 heterocycles. The van der Waals surface area contributed by atoms with Crippen LogP contribution < -0.4 is 0 Å². The second-order valence-corrected chi connectivity index (χ2v) is 2.19. The van der Waals surface area contributed by atoms with Crippen molar-refractivity contribution in [2.75, 3.05) is 6.54 Å². The Kier molecular flexibility index (Phi) is 3.44. The zero-order chi connectivity index (χ0) is 7.94. The summed E-state index contributed by atoms with van der Waals surface area (Å²) >= 11 is 4.41. The number of aromatic amines is 1. The smallest absolute Gasteiger partial charge is 0.137 e. The Morgan fingerprint density at radius 3 is 3.27 bits per heavy atom. The van der Waals surface area contributed by atoms with Crippen molar-refractivity contribution >= 4 is 17.4 Å². The van der Waals surface area contributed by atoms with Gasteiger partial charge in [0.2, 0.25) is 0 Å². The van der Waals surface area contributed by atoms with Gasteiger partial charge in [0.1, 0.15) is 12.2 Å². The number of thiocarbonyl (C=S) groups is 1. The molecule has 0 radical (unpaired) electrons. The first kappa shape index (κ1) is 8.04. The third kappa shape index (κ3) is 3.02. The number of aryl methyl sites for hydroxylation is 1. The van der Waals surface area contributed by atoms with E-state index in [4.69, 9.17) is 0 Å². The van der Waals surface area contributed by atoms with Crippen LogP contribution in [0.1, 0.15) is 12.2 Å². The molecule has 0 saturated carbocycles. The molecule has 0 spiro atoms. The summed E-state index contributed by atoms with van der Waals surface area (Å²) in [7, 11) is 0. The number of H-pyrrole nitrogens is 1. The van der Waals surface area contributed by atoms with Gasteiger partial charge in [0.05, 0.1) is 5.16 Å². The number of nitrogens with zero attached hydrogens (tertiary/aromatic N) is 3. The summed E-state index contributed by atoms with van der Waals surface area (Å²) in [6.45, 7) is 0.712. The van der Waals surface area contributed by atoms with Crippen LogP contribution in [0, 0.1) is 0 Å². The van der Waals surface area contributed by atoms with Gasteiger partial charge in [-0.3, -0.25) is 5.10 Å². The van der Waals surface area contributed by atoms with Crippen LogP contribution in [-0.4, -0.2) is 26.9 Å². The molecule has 0 aromatic carbocycles. The van der Waals surface area contributed by atoms with Crippen molar-refractivity contribution in [1.82, 2.24) is 15.2 Å². The van der Waals surface area contributed by atoms with Crippen molar-refractivity contribution in [3.05, 3.63) is 12.2 Å². The summed E-state index contributed by atoms with van der Waals surface area (Å²) in [5, 5.41) is 8.79. The molecule has 1 rings (SSSR count). The van der Waals surface area contributed by atoms with Gasteiger partial charge in [0, 0.05) is 13.0 Å². The Balaban J connectivity index is 2.18. The average Bonchev–Trinajstić information content (AvgIpc) is 2.50. The molecule has 0 fully saturated rings. The van der Waals surface area contributed by atoms with Gasteiger partial charge in [-0.15, -0.1) is 0 Å². The molecule has 0 atom stereocenters. The van der Waals surface area contributed by atoms with Crippen molar-refractivity contribution < 1.29 is 0 Å². The van der Waals surface area contributed by atoms with E-state index in [9.17, 15) is 0 Å². The molecule has 1 aromatic rings. The highest BCUT2D eigenvalue weighted by Gasteiger charge is 1.92. The maximum atomic E-state index is 4.41. The van der Waals surface area contributed by atoms with Crippen LogP contribution in [0.2, 0.25) is 0 Å². The van der Waals surface area contributed by atoms with Crippen molar-refractivity contribution in [3.63, 3.8) is 0 Å². The maximum Gasteiger partial charge on any atom is 0.137 e. The van der Waals surface area contributed by atoms with Crippen LogP contribution in [-0.2, 0) is 6.42 Å². The summed E-state index contributed by atoms with van der Waals surface area (Å²) in [6, 6.07) is 0. The first-order valence-electron chi connectivity index (χ1n) is 3.31. The summed E-state index contributed by atoms with van der Waals surface area (Å²) in [6.07, 6.45) is 3.29. The third-order valence-electron chi connectivity index (χ3n) is 1.21. The zero-order valence-electron chi connectivity index (χ0n) is 5.95. The second kappa shape index (κ2) is 4.71. The fourth-order valence-corrected chi connectivity index (χ4v) is 0.814. The Labute approximate surface area is 69.8 Å². The van der Waals surface area contributed by atoms with Crippen LogP contribution >= 0.6 is 12.2 Å². The number of hydrogen-bond donors (Lipinski definition) is 1. The van der Waals surface area contributed by atoms with E-state index in [1.54, 1.807) is 0 Å². The molecule has 0 unspecified atom stereocenters. The van der Waals surface area contributed by atoms with Crippen molar-refractivity contribution in [2.45, 2.75) is 12.8 Å². The number of aliphatic imine (C=N–C) groups is 1. The summed E-state index contributed by atoms with van der Waals surface area (Å²) in [4.78, 5) is 7.73. The monoisotopic (exact) mass is 168 g/mol. The van der Waals surface area contributed by atoms with Gasteiger partial charge in [-0.2, -0.15) is 5.10 Å². The summed E-state index contributed by atoms with van der Waals surface area (Å²) < 4.78 is 0. The molecule has 0 aliphatic heterocycles. The molecule has 0 bridgehead atoms. The topological polar surface area (TPSA) is 53.9 Å². The van der Waals surface area contributed by atoms with Gasteiger partial charge in [-0.25, -0.2) is 9.98 Å². The fraction of sp³-hybridized carbons (Fsp3) is 0.500. The van der Waals surface area contributed by atoms with Gasteiger partial charge in [0.15, 0.2) is 0 Å². The summed E-state index contributed by atoms with van der Waals surface area (Å²) in [5.74, 6) is 0.893. The lowest BCUT2D eigenvalue weighted by Crippen LogP contribution is -1.90. The predicted molar refractivity (Wildman–Crippen MR) is 44.6 cm³/mol. The van der Waals surface area contributed by atoms with Crippen LogP contribution in [0.5, 0.6) is 0 Å². The molecule has 1 N–H and O–H groups in total. The molecule has 58 valence electrons. The molecule has 1 aromatic heterocycles. The van der Waals surface area contributed by atoms with Gasteiger partial charge >= 0.3 is 0 Å². The van der Waals surface area contributed by atoms with E-state index in [1.165, 1.54) is 6.33 Å². The number of nitrogens with one attached hydrogen (secondary N) is 1. The van der Waals surface area contributed by atoms with Crippen LogP contribution in [0.4, 0.5) is 0 Å². The molecular weight excluding hydrogens is 160 g/mol. The normalized spacial score (nSPS) is 9.09. The van der Waals surface area contributed by atoms with Crippen molar-refractivity contribution in [2.24, 2.45) is 4.99 Å². The van der Waals surface area contributed by atoms with E-state index in [1.807, 2.05) is 0 Å².